The molecular weight excluding hydrogens is 174 g/mol. The molecule has 0 saturated carbocycles. The summed E-state index contributed by atoms with van der Waals surface area (Å²) < 4.78 is 0. The van der Waals surface area contributed by atoms with Crippen LogP contribution in [-0.4, -0.2) is 29.3 Å². The number of Topliss-reactive ketones (excluding diaryl/α,β-unsaturated/α-hetero) is 1. The van der Waals surface area contributed by atoms with Gasteiger partial charge in [-0.05, 0) is 39.8 Å². The molecule has 0 bridgehead atoms. The maximum atomic E-state index is 11.8. The number of hydrogen-bond acceptors (Lipinski definition) is 2. The van der Waals surface area contributed by atoms with Crippen molar-refractivity contribution in [2.45, 2.75) is 45.1 Å². The van der Waals surface area contributed by atoms with Gasteiger partial charge in [0.2, 0.25) is 0 Å². The Balaban J connectivity index is 2.62. The summed E-state index contributed by atoms with van der Waals surface area (Å²) in [5.41, 5.74) is -0.368. The van der Waals surface area contributed by atoms with Crippen LogP contribution in [0.3, 0.4) is 0 Å². The third-order valence-corrected chi connectivity index (χ3v) is 3.09. The lowest BCUT2D eigenvalue weighted by Gasteiger charge is -2.39. The number of terminal acetylenes is 1. The van der Waals surface area contributed by atoms with Crippen LogP contribution in [0.15, 0.2) is 0 Å². The zero-order valence-corrected chi connectivity index (χ0v) is 9.18. The standard InChI is InChI=1S/C12H19NO/c1-4-8-11(14)12(2,3)13-9-6-5-7-10-13/h1H,5-10H2,2-3H3. The van der Waals surface area contributed by atoms with Gasteiger partial charge in [-0.2, -0.15) is 0 Å². The largest absolute Gasteiger partial charge is 0.297 e. The molecule has 2 heteroatoms. The Morgan fingerprint density at radius 3 is 2.43 bits per heavy atom. The molecule has 2 nitrogen and oxygen atoms in total. The lowest BCUT2D eigenvalue weighted by molar-refractivity contribution is -0.129. The van der Waals surface area contributed by atoms with Gasteiger partial charge in [0.1, 0.15) is 0 Å². The zero-order chi connectivity index (χ0) is 10.6. The monoisotopic (exact) mass is 193 g/mol. The van der Waals surface area contributed by atoms with E-state index >= 15 is 0 Å². The van der Waals surface area contributed by atoms with Crippen molar-refractivity contribution in [2.75, 3.05) is 13.1 Å². The first kappa shape index (κ1) is 11.3. The lowest BCUT2D eigenvalue weighted by Crippen LogP contribution is -2.51. The molecule has 1 rings (SSSR count). The second kappa shape index (κ2) is 4.61. The van der Waals surface area contributed by atoms with Gasteiger partial charge >= 0.3 is 0 Å². The van der Waals surface area contributed by atoms with E-state index in [2.05, 4.69) is 10.8 Å². The summed E-state index contributed by atoms with van der Waals surface area (Å²) in [6.07, 6.45) is 9.11. The molecule has 0 amide bonds. The van der Waals surface area contributed by atoms with Crippen molar-refractivity contribution in [1.29, 1.82) is 0 Å². The van der Waals surface area contributed by atoms with E-state index in [1.54, 1.807) is 0 Å². The minimum atomic E-state index is -0.368. The molecule has 1 fully saturated rings. The van der Waals surface area contributed by atoms with E-state index in [-0.39, 0.29) is 17.7 Å². The van der Waals surface area contributed by atoms with Crippen LogP contribution in [-0.2, 0) is 4.79 Å². The van der Waals surface area contributed by atoms with Crippen molar-refractivity contribution in [1.82, 2.24) is 4.90 Å². The molecule has 0 unspecified atom stereocenters. The summed E-state index contributed by atoms with van der Waals surface area (Å²) in [6.45, 7) is 6.03. The first-order chi connectivity index (χ1) is 6.59. The molecule has 0 N–H and O–H groups in total. The second-order valence-electron chi connectivity index (χ2n) is 4.41. The summed E-state index contributed by atoms with van der Waals surface area (Å²) in [6, 6.07) is 0. The quantitative estimate of drug-likeness (QED) is 0.637. The maximum absolute atomic E-state index is 11.8. The van der Waals surface area contributed by atoms with Crippen molar-refractivity contribution in [3.63, 3.8) is 0 Å². The van der Waals surface area contributed by atoms with E-state index in [0.717, 1.165) is 13.1 Å². The number of rotatable bonds is 3. The molecule has 1 aliphatic heterocycles. The van der Waals surface area contributed by atoms with Crippen LogP contribution in [0.2, 0.25) is 0 Å². The zero-order valence-electron chi connectivity index (χ0n) is 9.18. The third kappa shape index (κ3) is 2.36. The Labute approximate surface area is 86.7 Å². The average Bonchev–Trinajstić information content (AvgIpc) is 2.19. The number of carbonyl (C=O) groups excluding carboxylic acids is 1. The fourth-order valence-corrected chi connectivity index (χ4v) is 1.94. The van der Waals surface area contributed by atoms with Gasteiger partial charge in [-0.3, -0.25) is 9.69 Å². The fraction of sp³-hybridized carbons (Fsp3) is 0.750. The first-order valence-corrected chi connectivity index (χ1v) is 5.31. The predicted octanol–water partition coefficient (Wildman–Crippen LogP) is 1.84. The van der Waals surface area contributed by atoms with Crippen LogP contribution in [0, 0.1) is 12.3 Å². The molecule has 78 valence electrons. The number of hydrogen-bond donors (Lipinski definition) is 0. The SMILES string of the molecule is C#CCC(=O)C(C)(C)N1CCCCC1. The van der Waals surface area contributed by atoms with Crippen LogP contribution in [0.25, 0.3) is 0 Å². The van der Waals surface area contributed by atoms with Crippen molar-refractivity contribution >= 4 is 5.78 Å². The van der Waals surface area contributed by atoms with Crippen molar-refractivity contribution in [3.05, 3.63) is 0 Å². The molecule has 0 aromatic heterocycles. The summed E-state index contributed by atoms with van der Waals surface area (Å²) in [5, 5.41) is 0. The number of ketones is 1. The summed E-state index contributed by atoms with van der Waals surface area (Å²) in [4.78, 5) is 14.0. The normalized spacial score (nSPS) is 18.9. The van der Waals surface area contributed by atoms with Gasteiger partial charge in [0.05, 0.1) is 12.0 Å². The van der Waals surface area contributed by atoms with Gasteiger partial charge in [0.15, 0.2) is 5.78 Å². The average molecular weight is 193 g/mol. The Kier molecular flexibility index (Phi) is 3.71. The Morgan fingerprint density at radius 1 is 1.36 bits per heavy atom. The van der Waals surface area contributed by atoms with Crippen LogP contribution in [0.4, 0.5) is 0 Å². The lowest BCUT2D eigenvalue weighted by atomic mass is 9.92. The minimum absolute atomic E-state index is 0.168. The van der Waals surface area contributed by atoms with Gasteiger partial charge in [-0.15, -0.1) is 6.42 Å². The molecule has 0 atom stereocenters. The van der Waals surface area contributed by atoms with E-state index in [1.165, 1.54) is 19.3 Å². The highest BCUT2D eigenvalue weighted by Crippen LogP contribution is 2.22. The van der Waals surface area contributed by atoms with E-state index < -0.39 is 0 Å². The highest BCUT2D eigenvalue weighted by molar-refractivity contribution is 5.89. The van der Waals surface area contributed by atoms with Gasteiger partial charge in [-0.1, -0.05) is 12.3 Å². The van der Waals surface area contributed by atoms with Crippen LogP contribution < -0.4 is 0 Å². The van der Waals surface area contributed by atoms with Crippen LogP contribution >= 0.6 is 0 Å². The van der Waals surface area contributed by atoms with E-state index in [1.807, 2.05) is 13.8 Å². The molecule has 14 heavy (non-hydrogen) atoms. The number of nitrogens with zero attached hydrogens (tertiary/aromatic N) is 1. The Hall–Kier alpha value is -0.810. The molecule has 0 aromatic rings. The fourth-order valence-electron chi connectivity index (χ4n) is 1.94. The van der Waals surface area contributed by atoms with Crippen molar-refractivity contribution < 1.29 is 4.79 Å². The van der Waals surface area contributed by atoms with Gasteiger partial charge in [0, 0.05) is 0 Å². The van der Waals surface area contributed by atoms with Crippen molar-refractivity contribution in [3.8, 4) is 12.3 Å². The Morgan fingerprint density at radius 2 is 1.93 bits per heavy atom. The van der Waals surface area contributed by atoms with E-state index in [0.29, 0.717) is 0 Å². The summed E-state index contributed by atoms with van der Waals surface area (Å²) in [5.74, 6) is 2.60. The molecule has 0 aromatic carbocycles. The molecular formula is C12H19NO. The Bertz CT molecular complexity index is 244. The second-order valence-corrected chi connectivity index (χ2v) is 4.41. The smallest absolute Gasteiger partial charge is 0.164 e. The summed E-state index contributed by atoms with van der Waals surface area (Å²) >= 11 is 0. The number of likely N-dealkylation sites (tertiary alicyclic amines) is 1. The van der Waals surface area contributed by atoms with Crippen LogP contribution in [0.5, 0.6) is 0 Å². The van der Waals surface area contributed by atoms with Gasteiger partial charge in [0.25, 0.3) is 0 Å². The maximum Gasteiger partial charge on any atom is 0.164 e. The molecule has 0 spiro atoms. The van der Waals surface area contributed by atoms with Crippen molar-refractivity contribution in [2.24, 2.45) is 0 Å². The molecule has 0 radical (unpaired) electrons. The van der Waals surface area contributed by atoms with Crippen LogP contribution in [0.1, 0.15) is 39.5 Å². The molecule has 1 heterocycles. The minimum Gasteiger partial charge on any atom is -0.297 e. The first-order valence-electron chi connectivity index (χ1n) is 5.31. The highest BCUT2D eigenvalue weighted by Gasteiger charge is 2.33. The topological polar surface area (TPSA) is 20.3 Å². The number of carbonyl (C=O) groups is 1. The molecule has 1 saturated heterocycles. The number of piperidine rings is 1. The highest BCUT2D eigenvalue weighted by atomic mass is 16.1. The predicted molar refractivity (Wildman–Crippen MR) is 58.0 cm³/mol. The molecule has 0 aliphatic carbocycles. The summed E-state index contributed by atoms with van der Waals surface area (Å²) in [7, 11) is 0. The van der Waals surface area contributed by atoms with Gasteiger partial charge < -0.3 is 0 Å². The third-order valence-electron chi connectivity index (χ3n) is 3.09. The van der Waals surface area contributed by atoms with E-state index in [4.69, 9.17) is 6.42 Å². The van der Waals surface area contributed by atoms with E-state index in [9.17, 15) is 4.79 Å². The molecule has 1 aliphatic rings. The van der Waals surface area contributed by atoms with Gasteiger partial charge in [-0.25, -0.2) is 0 Å².